The molecule has 1 nitrogen and oxygen atoms in total. The highest BCUT2D eigenvalue weighted by Gasteiger charge is 2.06. The highest BCUT2D eigenvalue weighted by atomic mass is 35.5. The Morgan fingerprint density at radius 3 is 2.69 bits per heavy atom. The Bertz CT molecular complexity index is 302. The van der Waals surface area contributed by atoms with Crippen molar-refractivity contribution in [3.05, 3.63) is 47.3 Å². The van der Waals surface area contributed by atoms with Crippen LogP contribution in [-0.4, -0.2) is 0 Å². The van der Waals surface area contributed by atoms with E-state index in [-0.39, 0.29) is 18.2 Å². The second kappa shape index (κ2) is 5.22. The maximum atomic E-state index is 12.7. The fourth-order valence-electron chi connectivity index (χ4n) is 0.897. The lowest BCUT2D eigenvalue weighted by molar-refractivity contribution is 0.624. The molecule has 0 saturated carbocycles. The average Bonchev–Trinajstić information content (AvgIpc) is 2.08. The largest absolute Gasteiger partial charge is 0.321 e. The summed E-state index contributed by atoms with van der Waals surface area (Å²) in [5.41, 5.74) is 6.16. The van der Waals surface area contributed by atoms with Gasteiger partial charge in [-0.3, -0.25) is 0 Å². The van der Waals surface area contributed by atoms with E-state index in [1.165, 1.54) is 24.3 Å². The molecular weight excluding hydrogens is 212 g/mol. The topological polar surface area (TPSA) is 26.0 Å². The average molecular weight is 222 g/mol. The molecule has 2 N–H and O–H groups in total. The van der Waals surface area contributed by atoms with Crippen LogP contribution in [0.15, 0.2) is 30.9 Å². The van der Waals surface area contributed by atoms with Gasteiger partial charge in [-0.15, -0.1) is 19.0 Å². The summed E-state index contributed by atoms with van der Waals surface area (Å²) in [6.07, 6.45) is 1.51. The zero-order chi connectivity index (χ0) is 9.14. The van der Waals surface area contributed by atoms with Crippen molar-refractivity contribution < 1.29 is 4.39 Å². The Morgan fingerprint density at radius 1 is 1.54 bits per heavy atom. The molecule has 0 bridgehead atoms. The Labute approximate surface area is 87.8 Å². The Balaban J connectivity index is 0.00000144. The fourth-order valence-corrected chi connectivity index (χ4v) is 1.14. The third-order valence-corrected chi connectivity index (χ3v) is 1.92. The standard InChI is InChI=1S/C9H9ClFN.ClH/c1-2-9(12)7-5-6(11)3-4-8(7)10;/h2-5,9H,1,12H2;1H/t9-;/m1./s1. The van der Waals surface area contributed by atoms with Crippen molar-refractivity contribution in [2.45, 2.75) is 6.04 Å². The lowest BCUT2D eigenvalue weighted by Gasteiger charge is -2.08. The van der Waals surface area contributed by atoms with Crippen LogP contribution in [-0.2, 0) is 0 Å². The highest BCUT2D eigenvalue weighted by Crippen LogP contribution is 2.22. The SMILES string of the molecule is C=C[C@@H](N)c1cc(F)ccc1Cl.Cl. The number of hydrogen-bond donors (Lipinski definition) is 1. The summed E-state index contributed by atoms with van der Waals surface area (Å²) in [6.45, 7) is 3.50. The molecule has 0 aliphatic rings. The van der Waals surface area contributed by atoms with Crippen LogP contribution >= 0.6 is 24.0 Å². The summed E-state index contributed by atoms with van der Waals surface area (Å²) in [4.78, 5) is 0. The van der Waals surface area contributed by atoms with E-state index in [1.807, 2.05) is 0 Å². The molecule has 0 aliphatic heterocycles. The number of nitrogens with two attached hydrogens (primary N) is 1. The van der Waals surface area contributed by atoms with Crippen molar-refractivity contribution in [1.82, 2.24) is 0 Å². The second-order valence-corrected chi connectivity index (χ2v) is 2.83. The van der Waals surface area contributed by atoms with Crippen molar-refractivity contribution in [2.75, 3.05) is 0 Å². The summed E-state index contributed by atoms with van der Waals surface area (Å²) in [6, 6.07) is 3.68. The Kier molecular flexibility index (Phi) is 4.99. The Hall–Kier alpha value is -0.570. The lowest BCUT2D eigenvalue weighted by atomic mass is 10.1. The molecule has 0 heterocycles. The van der Waals surface area contributed by atoms with E-state index in [1.54, 1.807) is 0 Å². The van der Waals surface area contributed by atoms with Gasteiger partial charge in [-0.25, -0.2) is 4.39 Å². The first kappa shape index (κ1) is 12.4. The molecule has 0 saturated heterocycles. The van der Waals surface area contributed by atoms with Crippen molar-refractivity contribution in [3.8, 4) is 0 Å². The maximum Gasteiger partial charge on any atom is 0.123 e. The monoisotopic (exact) mass is 221 g/mol. The van der Waals surface area contributed by atoms with Gasteiger partial charge in [0, 0.05) is 11.1 Å². The molecule has 0 radical (unpaired) electrons. The lowest BCUT2D eigenvalue weighted by Crippen LogP contribution is -2.07. The first-order valence-electron chi connectivity index (χ1n) is 3.48. The van der Waals surface area contributed by atoms with Gasteiger partial charge in [0.1, 0.15) is 5.82 Å². The predicted molar refractivity (Wildman–Crippen MR) is 55.8 cm³/mol. The zero-order valence-electron chi connectivity index (χ0n) is 6.84. The second-order valence-electron chi connectivity index (χ2n) is 2.43. The van der Waals surface area contributed by atoms with Crippen molar-refractivity contribution in [2.24, 2.45) is 5.73 Å². The van der Waals surface area contributed by atoms with Gasteiger partial charge in [0.15, 0.2) is 0 Å². The molecule has 1 rings (SSSR count). The normalized spacial score (nSPS) is 11.6. The summed E-state index contributed by atoms with van der Waals surface area (Å²) in [5, 5.41) is 0.462. The number of hydrogen-bond acceptors (Lipinski definition) is 1. The molecule has 1 aromatic rings. The molecule has 13 heavy (non-hydrogen) atoms. The molecule has 0 unspecified atom stereocenters. The number of rotatable bonds is 2. The summed E-state index contributed by atoms with van der Waals surface area (Å²) < 4.78 is 12.7. The molecular formula is C9H10Cl2FN. The molecule has 1 aromatic carbocycles. The van der Waals surface area contributed by atoms with E-state index in [9.17, 15) is 4.39 Å². The van der Waals surface area contributed by atoms with Gasteiger partial charge in [0.05, 0.1) is 0 Å². The predicted octanol–water partition coefficient (Wildman–Crippen LogP) is 3.09. The molecule has 4 heteroatoms. The quantitative estimate of drug-likeness (QED) is 0.764. The molecule has 0 amide bonds. The highest BCUT2D eigenvalue weighted by molar-refractivity contribution is 6.31. The summed E-state index contributed by atoms with van der Waals surface area (Å²) in [7, 11) is 0. The minimum atomic E-state index is -0.409. The van der Waals surface area contributed by atoms with Crippen LogP contribution in [0.1, 0.15) is 11.6 Å². The molecule has 0 aromatic heterocycles. The van der Waals surface area contributed by atoms with Gasteiger partial charge in [0.25, 0.3) is 0 Å². The van der Waals surface area contributed by atoms with Crippen LogP contribution in [0, 0.1) is 5.82 Å². The molecule has 72 valence electrons. The number of benzene rings is 1. The number of halogens is 3. The van der Waals surface area contributed by atoms with Gasteiger partial charge in [0.2, 0.25) is 0 Å². The summed E-state index contributed by atoms with van der Waals surface area (Å²) in [5.74, 6) is -0.341. The fraction of sp³-hybridized carbons (Fsp3) is 0.111. The van der Waals surface area contributed by atoms with Crippen LogP contribution in [0.4, 0.5) is 4.39 Å². The summed E-state index contributed by atoms with van der Waals surface area (Å²) >= 11 is 5.78. The minimum absolute atomic E-state index is 0. The van der Waals surface area contributed by atoms with Gasteiger partial charge in [-0.2, -0.15) is 0 Å². The van der Waals surface area contributed by atoms with Gasteiger partial charge in [-0.05, 0) is 23.8 Å². The van der Waals surface area contributed by atoms with Crippen LogP contribution in [0.25, 0.3) is 0 Å². The minimum Gasteiger partial charge on any atom is -0.321 e. The van der Waals surface area contributed by atoms with E-state index in [2.05, 4.69) is 6.58 Å². The molecule has 0 aliphatic carbocycles. The van der Waals surface area contributed by atoms with Crippen LogP contribution < -0.4 is 5.73 Å². The van der Waals surface area contributed by atoms with Crippen LogP contribution in [0.5, 0.6) is 0 Å². The van der Waals surface area contributed by atoms with E-state index < -0.39 is 6.04 Å². The third-order valence-electron chi connectivity index (χ3n) is 1.57. The smallest absolute Gasteiger partial charge is 0.123 e. The first-order valence-corrected chi connectivity index (χ1v) is 3.86. The van der Waals surface area contributed by atoms with Crippen molar-refractivity contribution in [3.63, 3.8) is 0 Å². The van der Waals surface area contributed by atoms with Crippen LogP contribution in [0.2, 0.25) is 5.02 Å². The van der Waals surface area contributed by atoms with Crippen LogP contribution in [0.3, 0.4) is 0 Å². The maximum absolute atomic E-state index is 12.7. The van der Waals surface area contributed by atoms with Gasteiger partial charge < -0.3 is 5.73 Å². The van der Waals surface area contributed by atoms with E-state index in [4.69, 9.17) is 17.3 Å². The van der Waals surface area contributed by atoms with E-state index >= 15 is 0 Å². The molecule has 1 atom stereocenters. The van der Waals surface area contributed by atoms with Gasteiger partial charge in [-0.1, -0.05) is 17.7 Å². The first-order chi connectivity index (χ1) is 5.65. The zero-order valence-corrected chi connectivity index (χ0v) is 8.41. The van der Waals surface area contributed by atoms with Crippen molar-refractivity contribution >= 4 is 24.0 Å². The third kappa shape index (κ3) is 2.99. The van der Waals surface area contributed by atoms with E-state index in [0.29, 0.717) is 10.6 Å². The molecule has 0 fully saturated rings. The van der Waals surface area contributed by atoms with Crippen molar-refractivity contribution in [1.29, 1.82) is 0 Å². The Morgan fingerprint density at radius 2 is 2.15 bits per heavy atom. The molecule has 0 spiro atoms. The van der Waals surface area contributed by atoms with E-state index in [0.717, 1.165) is 0 Å². The van der Waals surface area contributed by atoms with Gasteiger partial charge >= 0.3 is 0 Å².